The second kappa shape index (κ2) is 5.53. The van der Waals surface area contributed by atoms with Crippen molar-refractivity contribution in [3.63, 3.8) is 0 Å². The SMILES string of the molecule is COCc1cccc(-c2cc(C(=O)O)on2)c1OC. The molecule has 0 spiro atoms. The Bertz CT molecular complexity index is 590. The van der Waals surface area contributed by atoms with Crippen LogP contribution < -0.4 is 4.74 Å². The van der Waals surface area contributed by atoms with E-state index in [1.165, 1.54) is 13.2 Å². The van der Waals surface area contributed by atoms with Crippen molar-refractivity contribution in [1.82, 2.24) is 5.16 Å². The summed E-state index contributed by atoms with van der Waals surface area (Å²) in [7, 11) is 3.13. The zero-order chi connectivity index (χ0) is 13.8. The van der Waals surface area contributed by atoms with Crippen molar-refractivity contribution >= 4 is 5.97 Å². The van der Waals surface area contributed by atoms with Gasteiger partial charge in [0.2, 0.25) is 5.76 Å². The molecule has 0 aliphatic carbocycles. The smallest absolute Gasteiger partial charge is 0.374 e. The van der Waals surface area contributed by atoms with E-state index < -0.39 is 5.97 Å². The van der Waals surface area contributed by atoms with Gasteiger partial charge in [0.1, 0.15) is 11.4 Å². The summed E-state index contributed by atoms with van der Waals surface area (Å²) in [5.74, 6) is -0.783. The first-order valence-corrected chi connectivity index (χ1v) is 5.52. The monoisotopic (exact) mass is 263 g/mol. The number of para-hydroxylation sites is 1. The fraction of sp³-hybridized carbons (Fsp3) is 0.231. The van der Waals surface area contributed by atoms with Crippen LogP contribution in [-0.2, 0) is 11.3 Å². The molecule has 0 unspecified atom stereocenters. The number of hydrogen-bond acceptors (Lipinski definition) is 5. The van der Waals surface area contributed by atoms with E-state index in [4.69, 9.17) is 19.1 Å². The third-order valence-electron chi connectivity index (χ3n) is 2.60. The van der Waals surface area contributed by atoms with Crippen LogP contribution in [0.3, 0.4) is 0 Å². The standard InChI is InChI=1S/C13H13NO5/c1-17-7-8-4-3-5-9(12(8)18-2)10-6-11(13(15)16)19-14-10/h3-6H,7H2,1-2H3,(H,15,16). The number of hydrogen-bond donors (Lipinski definition) is 1. The maximum Gasteiger partial charge on any atom is 0.374 e. The van der Waals surface area contributed by atoms with Crippen LogP contribution in [0, 0.1) is 0 Å². The van der Waals surface area contributed by atoms with Gasteiger partial charge in [-0.15, -0.1) is 0 Å². The molecule has 0 saturated carbocycles. The Labute approximate surface area is 109 Å². The minimum Gasteiger partial charge on any atom is -0.496 e. The summed E-state index contributed by atoms with van der Waals surface area (Å²) in [5, 5.41) is 12.6. The molecule has 2 rings (SSSR count). The molecule has 19 heavy (non-hydrogen) atoms. The zero-order valence-corrected chi connectivity index (χ0v) is 10.5. The van der Waals surface area contributed by atoms with E-state index in [9.17, 15) is 4.79 Å². The highest BCUT2D eigenvalue weighted by atomic mass is 16.5. The molecule has 1 heterocycles. The third-order valence-corrected chi connectivity index (χ3v) is 2.60. The molecule has 1 N–H and O–H groups in total. The van der Waals surface area contributed by atoms with Gasteiger partial charge in [-0.25, -0.2) is 4.79 Å². The molecular weight excluding hydrogens is 250 g/mol. The number of methoxy groups -OCH3 is 2. The topological polar surface area (TPSA) is 81.8 Å². The molecule has 6 heteroatoms. The van der Waals surface area contributed by atoms with Gasteiger partial charge < -0.3 is 19.1 Å². The molecule has 2 aromatic rings. The summed E-state index contributed by atoms with van der Waals surface area (Å²) >= 11 is 0. The molecular formula is C13H13NO5. The number of benzene rings is 1. The van der Waals surface area contributed by atoms with Gasteiger partial charge in [0.05, 0.1) is 13.7 Å². The highest BCUT2D eigenvalue weighted by molar-refractivity contribution is 5.86. The molecule has 0 aliphatic rings. The van der Waals surface area contributed by atoms with Gasteiger partial charge in [-0.3, -0.25) is 0 Å². The molecule has 6 nitrogen and oxygen atoms in total. The maximum absolute atomic E-state index is 10.8. The lowest BCUT2D eigenvalue weighted by atomic mass is 10.1. The number of ether oxygens (including phenoxy) is 2. The van der Waals surface area contributed by atoms with E-state index >= 15 is 0 Å². The quantitative estimate of drug-likeness (QED) is 0.890. The largest absolute Gasteiger partial charge is 0.496 e. The number of rotatable bonds is 5. The second-order valence-electron chi connectivity index (χ2n) is 3.81. The number of aromatic nitrogens is 1. The van der Waals surface area contributed by atoms with E-state index in [0.717, 1.165) is 5.56 Å². The van der Waals surface area contributed by atoms with Crippen LogP contribution in [0.25, 0.3) is 11.3 Å². The van der Waals surface area contributed by atoms with Crippen LogP contribution in [0.2, 0.25) is 0 Å². The molecule has 0 aliphatic heterocycles. The van der Waals surface area contributed by atoms with Gasteiger partial charge in [0.25, 0.3) is 0 Å². The highest BCUT2D eigenvalue weighted by Gasteiger charge is 2.17. The predicted octanol–water partition coefficient (Wildman–Crippen LogP) is 2.19. The molecule has 0 bridgehead atoms. The number of nitrogens with zero attached hydrogens (tertiary/aromatic N) is 1. The Balaban J connectivity index is 2.48. The molecule has 0 amide bonds. The summed E-state index contributed by atoms with van der Waals surface area (Å²) in [6, 6.07) is 6.82. The average Bonchev–Trinajstić information content (AvgIpc) is 2.88. The van der Waals surface area contributed by atoms with E-state index in [0.29, 0.717) is 23.6 Å². The Morgan fingerprint density at radius 3 is 2.79 bits per heavy atom. The predicted molar refractivity (Wildman–Crippen MR) is 66.2 cm³/mol. The van der Waals surface area contributed by atoms with Gasteiger partial charge in [0, 0.05) is 24.3 Å². The zero-order valence-electron chi connectivity index (χ0n) is 10.5. The van der Waals surface area contributed by atoms with E-state index in [-0.39, 0.29) is 5.76 Å². The fourth-order valence-corrected chi connectivity index (χ4v) is 1.80. The van der Waals surface area contributed by atoms with Gasteiger partial charge >= 0.3 is 5.97 Å². The molecule has 1 aromatic carbocycles. The summed E-state index contributed by atoms with van der Waals surface area (Å²) in [5.41, 5.74) is 1.92. The molecule has 0 saturated heterocycles. The van der Waals surface area contributed by atoms with Gasteiger partial charge in [-0.1, -0.05) is 17.3 Å². The summed E-state index contributed by atoms with van der Waals surface area (Å²) in [4.78, 5) is 10.8. The third kappa shape index (κ3) is 2.58. The molecule has 0 atom stereocenters. The second-order valence-corrected chi connectivity index (χ2v) is 3.81. The van der Waals surface area contributed by atoms with Crippen LogP contribution in [0.5, 0.6) is 5.75 Å². The summed E-state index contributed by atoms with van der Waals surface area (Å²) < 4.78 is 15.2. The van der Waals surface area contributed by atoms with Crippen LogP contribution >= 0.6 is 0 Å². The van der Waals surface area contributed by atoms with Gasteiger partial charge in [-0.05, 0) is 6.07 Å². The Morgan fingerprint density at radius 1 is 1.42 bits per heavy atom. The van der Waals surface area contributed by atoms with Crippen molar-refractivity contribution < 1.29 is 23.9 Å². The average molecular weight is 263 g/mol. The molecule has 0 fully saturated rings. The first-order chi connectivity index (χ1) is 9.17. The highest BCUT2D eigenvalue weighted by Crippen LogP contribution is 2.33. The van der Waals surface area contributed by atoms with Crippen molar-refractivity contribution in [3.05, 3.63) is 35.6 Å². The van der Waals surface area contributed by atoms with Crippen LogP contribution in [0.15, 0.2) is 28.8 Å². The van der Waals surface area contributed by atoms with Crippen LogP contribution in [0.1, 0.15) is 16.1 Å². The number of aromatic carboxylic acids is 1. The lowest BCUT2D eigenvalue weighted by Gasteiger charge is -2.11. The van der Waals surface area contributed by atoms with E-state index in [2.05, 4.69) is 5.16 Å². The van der Waals surface area contributed by atoms with Gasteiger partial charge in [-0.2, -0.15) is 0 Å². The van der Waals surface area contributed by atoms with Crippen molar-refractivity contribution in [1.29, 1.82) is 0 Å². The Kier molecular flexibility index (Phi) is 3.82. The number of carboxylic acids is 1. The Hall–Kier alpha value is -2.34. The van der Waals surface area contributed by atoms with Crippen molar-refractivity contribution in [3.8, 4) is 17.0 Å². The van der Waals surface area contributed by atoms with Crippen molar-refractivity contribution in [2.24, 2.45) is 0 Å². The first-order valence-electron chi connectivity index (χ1n) is 5.52. The van der Waals surface area contributed by atoms with Crippen LogP contribution in [0.4, 0.5) is 0 Å². The summed E-state index contributed by atoms with van der Waals surface area (Å²) in [6.45, 7) is 0.390. The normalized spacial score (nSPS) is 10.4. The molecule has 1 aromatic heterocycles. The van der Waals surface area contributed by atoms with E-state index in [1.54, 1.807) is 13.2 Å². The fourth-order valence-electron chi connectivity index (χ4n) is 1.80. The van der Waals surface area contributed by atoms with Crippen molar-refractivity contribution in [2.45, 2.75) is 6.61 Å². The Morgan fingerprint density at radius 2 is 2.21 bits per heavy atom. The first kappa shape index (κ1) is 13.1. The van der Waals surface area contributed by atoms with Gasteiger partial charge in [0.15, 0.2) is 0 Å². The van der Waals surface area contributed by atoms with E-state index in [1.807, 2.05) is 12.1 Å². The minimum atomic E-state index is -1.16. The maximum atomic E-state index is 10.8. The minimum absolute atomic E-state index is 0.214. The number of carboxylic acid groups (broad SMARTS) is 1. The van der Waals surface area contributed by atoms with Crippen molar-refractivity contribution in [2.75, 3.05) is 14.2 Å². The lowest BCUT2D eigenvalue weighted by Crippen LogP contribution is -1.96. The van der Waals surface area contributed by atoms with Crippen LogP contribution in [-0.4, -0.2) is 30.5 Å². The summed E-state index contributed by atoms with van der Waals surface area (Å²) in [6.07, 6.45) is 0. The lowest BCUT2D eigenvalue weighted by molar-refractivity contribution is 0.0652. The molecule has 0 radical (unpaired) electrons. The number of carbonyl (C=O) groups is 1. The molecule has 100 valence electrons.